The first-order chi connectivity index (χ1) is 8.65. The number of nitrogens with zero attached hydrogens (tertiary/aromatic N) is 2. The van der Waals surface area contributed by atoms with Crippen LogP contribution in [0.15, 0.2) is 12.1 Å². The third-order valence-electron chi connectivity index (χ3n) is 3.01. The highest BCUT2D eigenvalue weighted by Gasteiger charge is 2.22. The average Bonchev–Trinajstić information content (AvgIpc) is 3.20. The van der Waals surface area contributed by atoms with E-state index in [0.29, 0.717) is 18.2 Å². The molecule has 0 aromatic heterocycles. The molecule has 1 unspecified atom stereocenters. The predicted octanol–water partition coefficient (Wildman–Crippen LogP) is 0.798. The van der Waals surface area contributed by atoms with Gasteiger partial charge >= 0.3 is 0 Å². The monoisotopic (exact) mass is 242 g/mol. The lowest BCUT2D eigenvalue weighted by atomic mass is 10.0. The van der Waals surface area contributed by atoms with E-state index in [2.05, 4.69) is 5.32 Å². The number of aliphatic hydroxyl groups is 1. The molecule has 5 nitrogen and oxygen atoms in total. The molecule has 1 aliphatic carbocycles. The Labute approximate surface area is 105 Å². The minimum atomic E-state index is -0.731. The summed E-state index contributed by atoms with van der Waals surface area (Å²) in [6, 6.07) is 7.44. The number of nitrogens with one attached hydrogen (secondary N) is 1. The van der Waals surface area contributed by atoms with Crippen molar-refractivity contribution in [2.24, 2.45) is 0 Å². The lowest BCUT2D eigenvalue weighted by molar-refractivity contribution is 0.174. The largest absolute Gasteiger partial charge is 0.397 e. The minimum Gasteiger partial charge on any atom is -0.397 e. The van der Waals surface area contributed by atoms with Gasteiger partial charge in [0.25, 0.3) is 0 Å². The Morgan fingerprint density at radius 1 is 1.33 bits per heavy atom. The van der Waals surface area contributed by atoms with Gasteiger partial charge in [0, 0.05) is 12.6 Å². The topological polar surface area (TPSA) is 106 Å². The van der Waals surface area contributed by atoms with Crippen LogP contribution in [0, 0.1) is 22.7 Å². The van der Waals surface area contributed by atoms with Gasteiger partial charge in [0.05, 0.1) is 22.9 Å². The van der Waals surface area contributed by atoms with E-state index in [9.17, 15) is 5.11 Å². The summed E-state index contributed by atoms with van der Waals surface area (Å²) in [6.07, 6.45) is 1.55. The summed E-state index contributed by atoms with van der Waals surface area (Å²) in [5, 5.41) is 31.1. The Bertz CT molecular complexity index is 502. The highest BCUT2D eigenvalue weighted by atomic mass is 16.3. The van der Waals surface area contributed by atoms with Gasteiger partial charge in [-0.2, -0.15) is 10.5 Å². The van der Waals surface area contributed by atoms with Crippen LogP contribution in [0.2, 0.25) is 0 Å². The van der Waals surface area contributed by atoms with Crippen LogP contribution < -0.4 is 11.1 Å². The first kappa shape index (κ1) is 12.4. The molecule has 0 amide bonds. The number of aliphatic hydroxyl groups excluding tert-OH is 1. The minimum absolute atomic E-state index is 0.172. The smallest absolute Gasteiger partial charge is 0.101 e. The van der Waals surface area contributed by atoms with Crippen LogP contribution in [-0.2, 0) is 0 Å². The van der Waals surface area contributed by atoms with E-state index >= 15 is 0 Å². The number of anilines is 1. The van der Waals surface area contributed by atoms with Gasteiger partial charge in [-0.25, -0.2) is 0 Å². The second-order valence-electron chi connectivity index (χ2n) is 4.45. The van der Waals surface area contributed by atoms with Crippen LogP contribution in [0.4, 0.5) is 5.69 Å². The molecule has 2 rings (SSSR count). The number of nitriles is 2. The molecular weight excluding hydrogens is 228 g/mol. The average molecular weight is 242 g/mol. The van der Waals surface area contributed by atoms with E-state index in [4.69, 9.17) is 16.3 Å². The number of nitrogen functional groups attached to an aromatic ring is 1. The van der Waals surface area contributed by atoms with Crippen molar-refractivity contribution < 1.29 is 5.11 Å². The van der Waals surface area contributed by atoms with Crippen LogP contribution >= 0.6 is 0 Å². The SMILES string of the molecule is N#Cc1cc(C(O)CNC2CC2)cc(C#N)c1N. The van der Waals surface area contributed by atoms with Gasteiger partial charge in [-0.1, -0.05) is 0 Å². The summed E-state index contributed by atoms with van der Waals surface area (Å²) in [7, 11) is 0. The number of rotatable bonds is 4. The molecule has 0 radical (unpaired) electrons. The molecule has 1 aliphatic rings. The molecule has 0 spiro atoms. The van der Waals surface area contributed by atoms with Gasteiger partial charge in [0.1, 0.15) is 12.1 Å². The summed E-state index contributed by atoms with van der Waals surface area (Å²) < 4.78 is 0. The Morgan fingerprint density at radius 2 is 1.89 bits per heavy atom. The lowest BCUT2D eigenvalue weighted by Crippen LogP contribution is -2.23. The predicted molar refractivity (Wildman–Crippen MR) is 66.3 cm³/mol. The maximum absolute atomic E-state index is 10.0. The molecule has 0 bridgehead atoms. The summed E-state index contributed by atoms with van der Waals surface area (Å²) in [5.41, 5.74) is 6.84. The third kappa shape index (κ3) is 2.60. The summed E-state index contributed by atoms with van der Waals surface area (Å²) in [6.45, 7) is 0.421. The zero-order valence-corrected chi connectivity index (χ0v) is 9.85. The van der Waals surface area contributed by atoms with E-state index in [-0.39, 0.29) is 16.8 Å². The molecule has 18 heavy (non-hydrogen) atoms. The maximum Gasteiger partial charge on any atom is 0.101 e. The molecule has 92 valence electrons. The zero-order valence-electron chi connectivity index (χ0n) is 9.85. The van der Waals surface area contributed by atoms with Gasteiger partial charge < -0.3 is 16.2 Å². The second-order valence-corrected chi connectivity index (χ2v) is 4.45. The van der Waals surface area contributed by atoms with E-state index < -0.39 is 6.10 Å². The van der Waals surface area contributed by atoms with E-state index in [1.54, 1.807) is 0 Å². The van der Waals surface area contributed by atoms with Crippen LogP contribution in [-0.4, -0.2) is 17.7 Å². The van der Waals surface area contributed by atoms with Gasteiger partial charge in [0.15, 0.2) is 0 Å². The summed E-state index contributed by atoms with van der Waals surface area (Å²) >= 11 is 0. The van der Waals surface area contributed by atoms with Crippen molar-refractivity contribution in [2.45, 2.75) is 25.0 Å². The Hall–Kier alpha value is -2.08. The molecule has 0 aliphatic heterocycles. The molecule has 5 heteroatoms. The highest BCUT2D eigenvalue weighted by molar-refractivity contribution is 5.65. The first-order valence-electron chi connectivity index (χ1n) is 5.80. The Morgan fingerprint density at radius 3 is 2.33 bits per heavy atom. The first-order valence-corrected chi connectivity index (χ1v) is 5.80. The second kappa shape index (κ2) is 5.05. The van der Waals surface area contributed by atoms with Crippen molar-refractivity contribution in [1.82, 2.24) is 5.32 Å². The van der Waals surface area contributed by atoms with Crippen LogP contribution in [0.3, 0.4) is 0 Å². The van der Waals surface area contributed by atoms with Crippen molar-refractivity contribution in [1.29, 1.82) is 10.5 Å². The quantitative estimate of drug-likeness (QED) is 0.677. The number of nitrogens with two attached hydrogens (primary N) is 1. The van der Waals surface area contributed by atoms with Gasteiger partial charge in [-0.05, 0) is 30.5 Å². The van der Waals surface area contributed by atoms with E-state index in [1.807, 2.05) is 12.1 Å². The van der Waals surface area contributed by atoms with Crippen molar-refractivity contribution in [3.8, 4) is 12.1 Å². The molecule has 0 saturated heterocycles. The van der Waals surface area contributed by atoms with Gasteiger partial charge in [0.2, 0.25) is 0 Å². The van der Waals surface area contributed by atoms with Gasteiger partial charge in [-0.3, -0.25) is 0 Å². The molecule has 1 aromatic rings. The highest BCUT2D eigenvalue weighted by Crippen LogP contribution is 2.24. The van der Waals surface area contributed by atoms with Crippen LogP contribution in [0.5, 0.6) is 0 Å². The standard InChI is InChI=1S/C13H14N4O/c14-5-9-3-8(4-10(6-15)13(9)16)12(18)7-17-11-1-2-11/h3-4,11-12,17-18H,1-2,7,16H2. The van der Waals surface area contributed by atoms with Crippen LogP contribution in [0.25, 0.3) is 0 Å². The van der Waals surface area contributed by atoms with Gasteiger partial charge in [-0.15, -0.1) is 0 Å². The Kier molecular flexibility index (Phi) is 3.47. The summed E-state index contributed by atoms with van der Waals surface area (Å²) in [4.78, 5) is 0. The molecule has 1 aromatic carbocycles. The zero-order chi connectivity index (χ0) is 13.1. The molecule has 1 saturated carbocycles. The fourth-order valence-electron chi connectivity index (χ4n) is 1.74. The fraction of sp³-hybridized carbons (Fsp3) is 0.385. The molecule has 1 fully saturated rings. The normalized spacial score (nSPS) is 15.7. The Balaban J connectivity index is 2.21. The van der Waals surface area contributed by atoms with Crippen molar-refractivity contribution >= 4 is 5.69 Å². The number of hydrogen-bond donors (Lipinski definition) is 3. The van der Waals surface area contributed by atoms with E-state index in [1.165, 1.54) is 12.1 Å². The van der Waals surface area contributed by atoms with Crippen LogP contribution in [0.1, 0.15) is 35.6 Å². The van der Waals surface area contributed by atoms with Crippen molar-refractivity contribution in [2.75, 3.05) is 12.3 Å². The lowest BCUT2D eigenvalue weighted by Gasteiger charge is -2.13. The fourth-order valence-corrected chi connectivity index (χ4v) is 1.74. The summed E-state index contributed by atoms with van der Waals surface area (Å²) in [5.74, 6) is 0. The third-order valence-corrected chi connectivity index (χ3v) is 3.01. The van der Waals surface area contributed by atoms with E-state index in [0.717, 1.165) is 12.8 Å². The molecule has 0 heterocycles. The molecule has 1 atom stereocenters. The maximum atomic E-state index is 10.0. The van der Waals surface area contributed by atoms with Crippen molar-refractivity contribution in [3.63, 3.8) is 0 Å². The van der Waals surface area contributed by atoms with Crippen molar-refractivity contribution in [3.05, 3.63) is 28.8 Å². The molecule has 4 N–H and O–H groups in total. The molecular formula is C13H14N4O. The number of benzene rings is 1. The number of hydrogen-bond acceptors (Lipinski definition) is 5.